The van der Waals surface area contributed by atoms with Gasteiger partial charge in [0, 0.05) is 32.4 Å². The van der Waals surface area contributed by atoms with E-state index < -0.39 is 27.9 Å². The van der Waals surface area contributed by atoms with Crippen molar-refractivity contribution < 1.29 is 23.1 Å². The van der Waals surface area contributed by atoms with Crippen LogP contribution in [0.2, 0.25) is 0 Å². The second-order valence-corrected chi connectivity index (χ2v) is 14.1. The van der Waals surface area contributed by atoms with Crippen LogP contribution in [0.5, 0.6) is 0 Å². The van der Waals surface area contributed by atoms with Crippen molar-refractivity contribution in [1.29, 1.82) is 0 Å². The van der Waals surface area contributed by atoms with Gasteiger partial charge in [-0.3, -0.25) is 9.78 Å². The lowest BCUT2D eigenvalue weighted by Crippen LogP contribution is -2.60. The van der Waals surface area contributed by atoms with Crippen LogP contribution in [0.1, 0.15) is 61.2 Å². The van der Waals surface area contributed by atoms with Gasteiger partial charge in [0.1, 0.15) is 28.5 Å². The molecule has 1 saturated heterocycles. The Balaban J connectivity index is 1.45. The van der Waals surface area contributed by atoms with E-state index in [1.165, 1.54) is 28.5 Å². The Morgan fingerprint density at radius 3 is 2.31 bits per heavy atom. The van der Waals surface area contributed by atoms with Gasteiger partial charge >= 0.3 is 5.97 Å². The number of carbonyl (C=O) groups excluding carboxylic acids is 1. The minimum Gasteiger partial charge on any atom is -0.478 e. The lowest BCUT2D eigenvalue weighted by molar-refractivity contribution is -0.125. The van der Waals surface area contributed by atoms with Gasteiger partial charge < -0.3 is 15.3 Å². The van der Waals surface area contributed by atoms with Crippen LogP contribution in [0.15, 0.2) is 72.0 Å². The Morgan fingerprint density at radius 2 is 1.67 bits per heavy atom. The van der Waals surface area contributed by atoms with Crippen LogP contribution < -0.4 is 10.2 Å². The predicted molar refractivity (Wildman–Crippen MR) is 172 cm³/mol. The van der Waals surface area contributed by atoms with E-state index in [4.69, 9.17) is 0 Å². The van der Waals surface area contributed by atoms with Gasteiger partial charge in [-0.25, -0.2) is 23.2 Å². The van der Waals surface area contributed by atoms with Crippen molar-refractivity contribution in [3.05, 3.63) is 89.4 Å². The van der Waals surface area contributed by atoms with Crippen molar-refractivity contribution in [1.82, 2.24) is 24.6 Å². The Hall–Kier alpha value is -4.42. The molecule has 5 rings (SSSR count). The minimum atomic E-state index is -4.05. The van der Waals surface area contributed by atoms with Crippen molar-refractivity contribution in [3.63, 3.8) is 0 Å². The minimum absolute atomic E-state index is 0.00570. The molecule has 0 spiro atoms. The van der Waals surface area contributed by atoms with Crippen LogP contribution >= 0.6 is 0 Å². The summed E-state index contributed by atoms with van der Waals surface area (Å²) in [6.07, 6.45) is 6.13. The number of piperazine rings is 1. The molecule has 2 aromatic carbocycles. The quantitative estimate of drug-likeness (QED) is 0.278. The molecule has 0 bridgehead atoms. The van der Waals surface area contributed by atoms with E-state index in [1.807, 2.05) is 24.3 Å². The van der Waals surface area contributed by atoms with E-state index >= 15 is 0 Å². The highest BCUT2D eigenvalue weighted by Crippen LogP contribution is 2.28. The SMILES string of the molecule is CCCc1ccc(CNC(=O)[C@H]2CN(c3cnc4cncc(C(=O)O)c4n3)CCN2S(=O)(=O)c2ccc(C(C)(C)C)cc2)cc1. The first-order valence-electron chi connectivity index (χ1n) is 15.0. The van der Waals surface area contributed by atoms with Crippen molar-refractivity contribution in [2.45, 2.75) is 63.4 Å². The summed E-state index contributed by atoms with van der Waals surface area (Å²) in [5, 5.41) is 12.6. The summed E-state index contributed by atoms with van der Waals surface area (Å²) < 4.78 is 29.2. The maximum atomic E-state index is 14.0. The molecular formula is C33H38N6O5S. The fraction of sp³-hybridized carbons (Fsp3) is 0.364. The molecule has 45 heavy (non-hydrogen) atoms. The van der Waals surface area contributed by atoms with E-state index in [0.717, 1.165) is 24.0 Å². The number of sulfonamides is 1. The first kappa shape index (κ1) is 32.0. The Morgan fingerprint density at radius 1 is 0.978 bits per heavy atom. The van der Waals surface area contributed by atoms with Gasteiger partial charge in [0.05, 0.1) is 17.3 Å². The summed E-state index contributed by atoms with van der Waals surface area (Å²) in [5.41, 5.74) is 3.34. The highest BCUT2D eigenvalue weighted by atomic mass is 32.2. The lowest BCUT2D eigenvalue weighted by atomic mass is 9.87. The molecule has 11 nitrogen and oxygen atoms in total. The second kappa shape index (κ2) is 12.9. The van der Waals surface area contributed by atoms with Gasteiger partial charge in [-0.2, -0.15) is 4.31 Å². The van der Waals surface area contributed by atoms with Crippen LogP contribution in [0.25, 0.3) is 11.0 Å². The maximum Gasteiger partial charge on any atom is 0.339 e. The smallest absolute Gasteiger partial charge is 0.339 e. The van der Waals surface area contributed by atoms with Gasteiger partial charge in [-0.1, -0.05) is 70.5 Å². The molecule has 1 atom stereocenters. The van der Waals surface area contributed by atoms with Crippen molar-refractivity contribution >= 4 is 38.8 Å². The highest BCUT2D eigenvalue weighted by Gasteiger charge is 2.40. The number of anilines is 1. The fourth-order valence-electron chi connectivity index (χ4n) is 5.39. The molecule has 236 valence electrons. The number of nitrogens with zero attached hydrogens (tertiary/aromatic N) is 5. The summed E-state index contributed by atoms with van der Waals surface area (Å²) in [5.74, 6) is -1.29. The van der Waals surface area contributed by atoms with Crippen LogP contribution in [0.3, 0.4) is 0 Å². The molecule has 1 fully saturated rings. The molecule has 0 aliphatic carbocycles. The van der Waals surface area contributed by atoms with E-state index in [2.05, 4.69) is 48.0 Å². The van der Waals surface area contributed by atoms with E-state index in [1.54, 1.807) is 29.2 Å². The van der Waals surface area contributed by atoms with Gasteiger partial charge in [-0.15, -0.1) is 0 Å². The first-order valence-corrected chi connectivity index (χ1v) is 16.4. The van der Waals surface area contributed by atoms with Crippen LogP contribution in [0.4, 0.5) is 5.82 Å². The number of hydrogen-bond acceptors (Lipinski definition) is 8. The van der Waals surface area contributed by atoms with E-state index in [9.17, 15) is 23.1 Å². The van der Waals surface area contributed by atoms with Crippen LogP contribution in [-0.2, 0) is 33.2 Å². The molecule has 2 N–H and O–H groups in total. The Labute approximate surface area is 263 Å². The molecular weight excluding hydrogens is 592 g/mol. The Kier molecular flexibility index (Phi) is 9.17. The number of aromatic nitrogens is 3. The number of nitrogens with one attached hydrogen (secondary N) is 1. The lowest BCUT2D eigenvalue weighted by Gasteiger charge is -2.40. The number of carbonyl (C=O) groups is 2. The Bertz CT molecular complexity index is 1800. The van der Waals surface area contributed by atoms with Crippen molar-refractivity contribution in [2.24, 2.45) is 0 Å². The topological polar surface area (TPSA) is 146 Å². The molecule has 12 heteroatoms. The normalized spacial score (nSPS) is 16.1. The van der Waals surface area contributed by atoms with Gasteiger partial charge in [0.2, 0.25) is 15.9 Å². The number of aryl methyl sites for hydroxylation is 1. The zero-order chi connectivity index (χ0) is 32.4. The number of hydrogen-bond donors (Lipinski definition) is 2. The molecule has 0 unspecified atom stereocenters. The van der Waals surface area contributed by atoms with E-state index in [-0.39, 0.29) is 47.6 Å². The number of rotatable bonds is 9. The number of pyridine rings is 1. The summed E-state index contributed by atoms with van der Waals surface area (Å²) in [7, 11) is -4.05. The average Bonchev–Trinajstić information content (AvgIpc) is 3.03. The molecule has 4 aromatic rings. The van der Waals surface area contributed by atoms with Gasteiger partial charge in [-0.05, 0) is 40.7 Å². The number of aromatic carboxylic acids is 1. The van der Waals surface area contributed by atoms with Gasteiger partial charge in [0.25, 0.3) is 0 Å². The number of fused-ring (bicyclic) bond motifs is 1. The monoisotopic (exact) mass is 630 g/mol. The largest absolute Gasteiger partial charge is 0.478 e. The second-order valence-electron chi connectivity index (χ2n) is 12.2. The molecule has 1 aliphatic heterocycles. The summed E-state index contributed by atoms with van der Waals surface area (Å²) in [4.78, 5) is 40.3. The summed E-state index contributed by atoms with van der Waals surface area (Å²) in [6, 6.07) is 13.7. The fourth-order valence-corrected chi connectivity index (χ4v) is 6.96. The number of benzene rings is 2. The average molecular weight is 631 g/mol. The van der Waals surface area contributed by atoms with Crippen LogP contribution in [0, 0.1) is 0 Å². The number of carboxylic acid groups (broad SMARTS) is 1. The molecule has 3 heterocycles. The highest BCUT2D eigenvalue weighted by molar-refractivity contribution is 7.89. The van der Waals surface area contributed by atoms with Gasteiger partial charge in [0.15, 0.2) is 0 Å². The van der Waals surface area contributed by atoms with E-state index in [0.29, 0.717) is 11.3 Å². The molecule has 1 amide bonds. The maximum absolute atomic E-state index is 14.0. The summed E-state index contributed by atoms with van der Waals surface area (Å²) in [6.45, 7) is 8.74. The predicted octanol–water partition coefficient (Wildman–Crippen LogP) is 4.17. The zero-order valence-electron chi connectivity index (χ0n) is 25.9. The third-order valence-corrected chi connectivity index (χ3v) is 9.91. The molecule has 1 aliphatic rings. The number of carboxylic acids is 1. The molecule has 0 radical (unpaired) electrons. The standard InChI is InChI=1S/C33H38N6O5S/c1-5-6-22-7-9-23(10-8-22)17-36-31(40)28-21-38(29-20-35-27-19-34-18-26(32(41)42)30(27)37-29)15-16-39(28)45(43,44)25-13-11-24(12-14-25)33(2,3)4/h7-14,18-20,28H,5-6,15-17,21H2,1-4H3,(H,36,40)(H,41,42)/t28-/m1/s1. The van der Waals surface area contributed by atoms with Crippen molar-refractivity contribution in [3.8, 4) is 0 Å². The third-order valence-electron chi connectivity index (χ3n) is 7.99. The first-order chi connectivity index (χ1) is 21.4. The molecule has 0 saturated carbocycles. The van der Waals surface area contributed by atoms with Crippen LogP contribution in [-0.4, -0.2) is 70.3 Å². The van der Waals surface area contributed by atoms with Crippen molar-refractivity contribution in [2.75, 3.05) is 24.5 Å². The zero-order valence-corrected chi connectivity index (χ0v) is 26.7. The number of amides is 1. The summed E-state index contributed by atoms with van der Waals surface area (Å²) >= 11 is 0. The third kappa shape index (κ3) is 6.97. The molecule has 2 aromatic heterocycles.